The van der Waals surface area contributed by atoms with Crippen LogP contribution in [0.5, 0.6) is 0 Å². The van der Waals surface area contributed by atoms with Crippen molar-refractivity contribution in [3.63, 3.8) is 0 Å². The summed E-state index contributed by atoms with van der Waals surface area (Å²) in [4.78, 5) is 23.1. The number of fused-ring (bicyclic) bond motifs is 1. The Balaban J connectivity index is 1.47. The Labute approximate surface area is 196 Å². The second-order valence-corrected chi connectivity index (χ2v) is 8.27. The molecule has 5 rings (SSSR count). The van der Waals surface area contributed by atoms with Crippen LogP contribution in [0.15, 0.2) is 60.8 Å². The number of alkyl halides is 3. The molecule has 0 atom stereocenters. The third-order valence-corrected chi connectivity index (χ3v) is 5.71. The number of pyridine rings is 2. The van der Waals surface area contributed by atoms with E-state index in [2.05, 4.69) is 15.3 Å². The molecule has 1 amide bonds. The van der Waals surface area contributed by atoms with Gasteiger partial charge in [0, 0.05) is 25.0 Å². The summed E-state index contributed by atoms with van der Waals surface area (Å²) in [5, 5.41) is 12.5. The van der Waals surface area contributed by atoms with Crippen molar-refractivity contribution < 1.29 is 27.5 Å². The Morgan fingerprint density at radius 1 is 1.09 bits per heavy atom. The Morgan fingerprint density at radius 3 is 2.46 bits per heavy atom. The minimum atomic E-state index is -4.65. The number of hydrogen-bond acceptors (Lipinski definition) is 5. The number of aromatic nitrogens is 3. The zero-order valence-corrected chi connectivity index (χ0v) is 18.1. The molecule has 0 aliphatic carbocycles. The molecule has 7 nitrogen and oxygen atoms in total. The van der Waals surface area contributed by atoms with Gasteiger partial charge in [-0.3, -0.25) is 4.79 Å². The lowest BCUT2D eigenvalue weighted by Gasteiger charge is -2.36. The largest absolute Gasteiger partial charge is 0.433 e. The van der Waals surface area contributed by atoms with E-state index < -0.39 is 23.6 Å². The van der Waals surface area contributed by atoms with E-state index in [1.165, 1.54) is 47.2 Å². The molecule has 0 radical (unpaired) electrons. The summed E-state index contributed by atoms with van der Waals surface area (Å²) >= 11 is 0. The van der Waals surface area contributed by atoms with Gasteiger partial charge in [0.05, 0.1) is 18.0 Å². The molecule has 0 unspecified atom stereocenters. The van der Waals surface area contributed by atoms with E-state index in [-0.39, 0.29) is 24.0 Å². The molecule has 4 heterocycles. The lowest BCUT2D eigenvalue weighted by molar-refractivity contribution is -0.141. The summed E-state index contributed by atoms with van der Waals surface area (Å²) in [5.41, 5.74) is -0.0289. The van der Waals surface area contributed by atoms with E-state index in [0.717, 1.165) is 6.07 Å². The number of β-amino-alcohol motifs (C(OH)–C–C–N with tert-alkyl or cyclic N) is 1. The lowest BCUT2D eigenvalue weighted by atomic mass is 10.2. The van der Waals surface area contributed by atoms with E-state index in [9.17, 15) is 27.5 Å². The highest BCUT2D eigenvalue weighted by atomic mass is 19.4. The Morgan fingerprint density at radius 2 is 1.83 bits per heavy atom. The number of hydrogen-bond donors (Lipinski definition) is 2. The molecule has 4 aromatic rings. The number of benzene rings is 1. The fraction of sp³-hybridized carbons (Fsp3) is 0.208. The van der Waals surface area contributed by atoms with Crippen LogP contribution >= 0.6 is 0 Å². The first-order valence-corrected chi connectivity index (χ1v) is 10.7. The normalized spacial score (nSPS) is 14.3. The third-order valence-electron chi connectivity index (χ3n) is 5.71. The number of nitrogens with zero attached hydrogens (tertiary/aromatic N) is 4. The summed E-state index contributed by atoms with van der Waals surface area (Å²) < 4.78 is 54.6. The summed E-state index contributed by atoms with van der Waals surface area (Å²) in [6.45, 7) is 0.972. The maximum atomic E-state index is 13.3. The number of carbonyl (C=O) groups is 1. The predicted molar refractivity (Wildman–Crippen MR) is 121 cm³/mol. The van der Waals surface area contributed by atoms with Crippen molar-refractivity contribution in [3.05, 3.63) is 83.6 Å². The molecule has 35 heavy (non-hydrogen) atoms. The number of amides is 1. The fourth-order valence-electron chi connectivity index (χ4n) is 3.89. The number of carbonyl (C=O) groups excluding carboxylic acids is 1. The van der Waals surface area contributed by atoms with Crippen molar-refractivity contribution in [3.8, 4) is 0 Å². The zero-order valence-electron chi connectivity index (χ0n) is 18.1. The molecule has 11 heteroatoms. The van der Waals surface area contributed by atoms with Crippen LogP contribution in [0.1, 0.15) is 21.7 Å². The van der Waals surface area contributed by atoms with Crippen LogP contribution < -0.4 is 10.2 Å². The van der Waals surface area contributed by atoms with Crippen LogP contribution in [0.25, 0.3) is 11.0 Å². The molecule has 1 fully saturated rings. The first-order valence-electron chi connectivity index (χ1n) is 10.7. The van der Waals surface area contributed by atoms with Gasteiger partial charge in [-0.15, -0.1) is 0 Å². The molecule has 1 aliphatic heterocycles. The molecular formula is C24H19F4N5O2. The van der Waals surface area contributed by atoms with Crippen LogP contribution in [0, 0.1) is 5.82 Å². The molecule has 1 aliphatic rings. The Hall–Kier alpha value is -3.99. The van der Waals surface area contributed by atoms with Crippen LogP contribution in [0.2, 0.25) is 0 Å². The summed E-state index contributed by atoms with van der Waals surface area (Å²) in [6.07, 6.45) is -3.57. The average Bonchev–Trinajstić information content (AvgIpc) is 3.16. The van der Waals surface area contributed by atoms with Gasteiger partial charge >= 0.3 is 6.18 Å². The SMILES string of the molecule is O=C(Nc1ccc(N2CC(O)C2)nc1)c1cc2ccc(C(F)(F)F)nc2n1Cc1ccc(F)cc1. The van der Waals surface area contributed by atoms with Crippen LogP contribution in [-0.2, 0) is 12.7 Å². The highest BCUT2D eigenvalue weighted by molar-refractivity contribution is 6.06. The lowest BCUT2D eigenvalue weighted by Crippen LogP contribution is -2.51. The number of halogens is 4. The van der Waals surface area contributed by atoms with Gasteiger partial charge in [0.15, 0.2) is 0 Å². The molecule has 0 saturated carbocycles. The first-order chi connectivity index (χ1) is 16.7. The molecular weight excluding hydrogens is 466 g/mol. The van der Waals surface area contributed by atoms with E-state index in [1.54, 1.807) is 12.1 Å². The number of nitrogens with one attached hydrogen (secondary N) is 1. The van der Waals surface area contributed by atoms with Gasteiger partial charge in [-0.2, -0.15) is 13.2 Å². The van der Waals surface area contributed by atoms with Gasteiger partial charge in [0.1, 0.15) is 28.7 Å². The summed E-state index contributed by atoms with van der Waals surface area (Å²) in [5.74, 6) is -0.361. The van der Waals surface area contributed by atoms with Gasteiger partial charge in [-0.1, -0.05) is 12.1 Å². The number of aliphatic hydroxyl groups excluding tert-OH is 1. The van der Waals surface area contributed by atoms with Crippen molar-refractivity contribution in [1.29, 1.82) is 0 Å². The Kier molecular flexibility index (Phi) is 5.64. The van der Waals surface area contributed by atoms with E-state index in [4.69, 9.17) is 0 Å². The molecule has 0 spiro atoms. The quantitative estimate of drug-likeness (QED) is 0.417. The monoisotopic (exact) mass is 485 g/mol. The average molecular weight is 485 g/mol. The van der Waals surface area contributed by atoms with Crippen molar-refractivity contribution in [2.24, 2.45) is 0 Å². The minimum absolute atomic E-state index is 0.00924. The Bertz CT molecular complexity index is 1380. The van der Waals surface area contributed by atoms with Crippen molar-refractivity contribution in [2.75, 3.05) is 23.3 Å². The van der Waals surface area contributed by atoms with E-state index in [1.807, 2.05) is 4.90 Å². The maximum absolute atomic E-state index is 13.3. The second kappa shape index (κ2) is 8.66. The van der Waals surface area contributed by atoms with Crippen molar-refractivity contribution in [2.45, 2.75) is 18.8 Å². The molecule has 1 aromatic carbocycles. The van der Waals surface area contributed by atoms with Gasteiger partial charge in [-0.05, 0) is 48.0 Å². The number of anilines is 2. The molecule has 1 saturated heterocycles. The van der Waals surface area contributed by atoms with Crippen molar-refractivity contribution in [1.82, 2.24) is 14.5 Å². The molecule has 180 valence electrons. The standard InChI is InChI=1S/C24H19F4N5O2/c25-16-4-1-14(2-5-16)11-33-19(9-15-3-7-20(24(26,27)28)31-22(15)33)23(35)30-17-6-8-21(29-10-17)32-12-18(34)13-32/h1-10,18,34H,11-13H2,(H,30,35). The fourth-order valence-corrected chi connectivity index (χ4v) is 3.89. The molecule has 2 N–H and O–H groups in total. The first kappa shape index (κ1) is 22.8. The van der Waals surface area contributed by atoms with Gasteiger partial charge in [0.2, 0.25) is 0 Å². The van der Waals surface area contributed by atoms with E-state index >= 15 is 0 Å². The van der Waals surface area contributed by atoms with Gasteiger partial charge in [-0.25, -0.2) is 14.4 Å². The van der Waals surface area contributed by atoms with Gasteiger partial charge in [0.25, 0.3) is 5.91 Å². The third kappa shape index (κ3) is 4.67. The summed E-state index contributed by atoms with van der Waals surface area (Å²) in [6, 6.07) is 12.4. The topological polar surface area (TPSA) is 83.3 Å². The van der Waals surface area contributed by atoms with Crippen LogP contribution in [0.3, 0.4) is 0 Å². The minimum Gasteiger partial charge on any atom is -0.389 e. The molecule has 3 aromatic heterocycles. The summed E-state index contributed by atoms with van der Waals surface area (Å²) in [7, 11) is 0. The maximum Gasteiger partial charge on any atom is 0.433 e. The second-order valence-electron chi connectivity index (χ2n) is 8.27. The van der Waals surface area contributed by atoms with Crippen molar-refractivity contribution >= 4 is 28.4 Å². The zero-order chi connectivity index (χ0) is 24.7. The van der Waals surface area contributed by atoms with Gasteiger partial charge < -0.3 is 19.9 Å². The highest BCUT2D eigenvalue weighted by Crippen LogP contribution is 2.30. The molecule has 0 bridgehead atoms. The predicted octanol–water partition coefficient (Wildman–Crippen LogP) is 4.07. The van der Waals surface area contributed by atoms with Crippen LogP contribution in [0.4, 0.5) is 29.1 Å². The highest BCUT2D eigenvalue weighted by Gasteiger charge is 2.33. The van der Waals surface area contributed by atoms with E-state index in [0.29, 0.717) is 35.5 Å². The smallest absolute Gasteiger partial charge is 0.389 e. The van der Waals surface area contributed by atoms with Crippen LogP contribution in [-0.4, -0.2) is 44.7 Å². The number of rotatable bonds is 5. The number of aliphatic hydroxyl groups is 1.